The number of anilines is 1. The maximum atomic E-state index is 4.87. The molecule has 1 N–H and O–H groups in total. The van der Waals surface area contributed by atoms with Gasteiger partial charge in [0.1, 0.15) is 0 Å². The van der Waals surface area contributed by atoms with Gasteiger partial charge in [0.2, 0.25) is 0 Å². The molecule has 1 saturated carbocycles. The van der Waals surface area contributed by atoms with Gasteiger partial charge in [0, 0.05) is 36.7 Å². The number of nitrogens with one attached hydrogen (secondary N) is 1. The van der Waals surface area contributed by atoms with Crippen LogP contribution in [0.4, 0.5) is 5.13 Å². The number of thiazole rings is 1. The second kappa shape index (κ2) is 6.78. The van der Waals surface area contributed by atoms with Crippen molar-refractivity contribution in [3.05, 3.63) is 10.6 Å². The molecule has 1 fully saturated rings. The lowest BCUT2D eigenvalue weighted by Crippen LogP contribution is -2.19. The molecule has 0 saturated heterocycles. The number of nitrogens with zero attached hydrogens (tertiary/aromatic N) is 2. The predicted octanol–water partition coefficient (Wildman–Crippen LogP) is 2.93. The summed E-state index contributed by atoms with van der Waals surface area (Å²) in [6.07, 6.45) is 4.82. The summed E-state index contributed by atoms with van der Waals surface area (Å²) < 4.78 is 0. The van der Waals surface area contributed by atoms with Gasteiger partial charge in [-0.25, -0.2) is 4.98 Å². The van der Waals surface area contributed by atoms with Crippen LogP contribution < -0.4 is 10.2 Å². The van der Waals surface area contributed by atoms with Gasteiger partial charge < -0.3 is 10.2 Å². The molecule has 5 heteroatoms. The molecule has 0 unspecified atom stereocenters. The van der Waals surface area contributed by atoms with Gasteiger partial charge >= 0.3 is 0 Å². The maximum Gasteiger partial charge on any atom is 0.185 e. The Hall–Kier alpha value is -0.260. The van der Waals surface area contributed by atoms with E-state index >= 15 is 0 Å². The molecular formula is C13H23N3S2. The first-order valence-corrected chi connectivity index (χ1v) is 8.87. The van der Waals surface area contributed by atoms with Crippen LogP contribution >= 0.6 is 23.1 Å². The third-order valence-corrected chi connectivity index (χ3v) is 4.95. The van der Waals surface area contributed by atoms with Crippen molar-refractivity contribution in [1.29, 1.82) is 0 Å². The van der Waals surface area contributed by atoms with E-state index in [-0.39, 0.29) is 0 Å². The molecular weight excluding hydrogens is 262 g/mol. The van der Waals surface area contributed by atoms with Crippen molar-refractivity contribution < 1.29 is 0 Å². The Labute approximate surface area is 118 Å². The number of aromatic nitrogens is 1. The van der Waals surface area contributed by atoms with Crippen molar-refractivity contribution in [2.75, 3.05) is 37.0 Å². The molecule has 0 spiro atoms. The van der Waals surface area contributed by atoms with Crippen LogP contribution in [0.15, 0.2) is 0 Å². The van der Waals surface area contributed by atoms with Crippen LogP contribution in [0.3, 0.4) is 0 Å². The van der Waals surface area contributed by atoms with Gasteiger partial charge in [-0.3, -0.25) is 0 Å². The molecule has 18 heavy (non-hydrogen) atoms. The largest absolute Gasteiger partial charge is 0.350 e. The summed E-state index contributed by atoms with van der Waals surface area (Å²) in [5, 5.41) is 4.62. The Bertz CT molecular complexity index is 374. The van der Waals surface area contributed by atoms with E-state index in [1.54, 1.807) is 0 Å². The van der Waals surface area contributed by atoms with Crippen molar-refractivity contribution in [2.45, 2.75) is 32.2 Å². The van der Waals surface area contributed by atoms with Crippen LogP contribution in [0.2, 0.25) is 0 Å². The summed E-state index contributed by atoms with van der Waals surface area (Å²) in [4.78, 5) is 8.62. The number of rotatable bonds is 8. The van der Waals surface area contributed by atoms with E-state index in [0.717, 1.165) is 31.3 Å². The molecule has 0 radical (unpaired) electrons. The topological polar surface area (TPSA) is 28.2 Å². The molecule has 0 atom stereocenters. The first-order chi connectivity index (χ1) is 8.76. The number of thioether (sulfide) groups is 1. The average Bonchev–Trinajstić information content (AvgIpc) is 3.14. The predicted molar refractivity (Wildman–Crippen MR) is 83.1 cm³/mol. The van der Waals surface area contributed by atoms with Gasteiger partial charge in [0.15, 0.2) is 5.13 Å². The normalized spacial score (nSPS) is 15.1. The zero-order valence-electron chi connectivity index (χ0n) is 11.5. The fourth-order valence-electron chi connectivity index (χ4n) is 1.88. The summed E-state index contributed by atoms with van der Waals surface area (Å²) >= 11 is 3.76. The zero-order chi connectivity index (χ0) is 13.0. The van der Waals surface area contributed by atoms with Crippen LogP contribution in [-0.2, 0) is 6.54 Å². The van der Waals surface area contributed by atoms with Crippen LogP contribution in [0, 0.1) is 0 Å². The monoisotopic (exact) mass is 285 g/mol. The van der Waals surface area contributed by atoms with Crippen LogP contribution in [0.1, 0.15) is 36.3 Å². The Morgan fingerprint density at radius 1 is 1.50 bits per heavy atom. The molecule has 0 aromatic carbocycles. The van der Waals surface area contributed by atoms with E-state index in [1.807, 2.05) is 23.1 Å². The molecule has 3 nitrogen and oxygen atoms in total. The van der Waals surface area contributed by atoms with Gasteiger partial charge in [0.05, 0.1) is 5.69 Å². The third kappa shape index (κ3) is 3.62. The lowest BCUT2D eigenvalue weighted by atomic mass is 10.2. The molecule has 0 amide bonds. The Kier molecular flexibility index (Phi) is 5.33. The van der Waals surface area contributed by atoms with Gasteiger partial charge in [-0.15, -0.1) is 11.3 Å². The summed E-state index contributed by atoms with van der Waals surface area (Å²) in [6.45, 7) is 5.25. The smallest absolute Gasteiger partial charge is 0.185 e. The van der Waals surface area contributed by atoms with E-state index in [4.69, 9.17) is 4.98 Å². The highest BCUT2D eigenvalue weighted by atomic mass is 32.2. The summed E-state index contributed by atoms with van der Waals surface area (Å²) in [6, 6.07) is 0. The quantitative estimate of drug-likeness (QED) is 0.795. The lowest BCUT2D eigenvalue weighted by Gasteiger charge is -2.14. The molecule has 102 valence electrons. The standard InChI is InChI=1S/C13H23N3S2/c1-4-14-9-11-12(10-5-6-10)15-13(18-11)16(2)7-8-17-3/h10,14H,4-9H2,1-3H3. The second-order valence-corrected chi connectivity index (χ2v) is 6.82. The van der Waals surface area contributed by atoms with Crippen molar-refractivity contribution in [2.24, 2.45) is 0 Å². The molecule has 0 bridgehead atoms. The lowest BCUT2D eigenvalue weighted by molar-refractivity contribution is 0.726. The van der Waals surface area contributed by atoms with E-state index in [9.17, 15) is 0 Å². The number of hydrogen-bond donors (Lipinski definition) is 1. The van der Waals surface area contributed by atoms with Crippen LogP contribution in [0.5, 0.6) is 0 Å². The highest BCUT2D eigenvalue weighted by Gasteiger charge is 2.29. The minimum absolute atomic E-state index is 0.748. The van der Waals surface area contributed by atoms with Crippen LogP contribution in [-0.4, -0.2) is 37.1 Å². The van der Waals surface area contributed by atoms with Crippen molar-refractivity contribution >= 4 is 28.2 Å². The zero-order valence-corrected chi connectivity index (χ0v) is 13.2. The molecule has 1 heterocycles. The van der Waals surface area contributed by atoms with Gasteiger partial charge in [-0.2, -0.15) is 11.8 Å². The van der Waals surface area contributed by atoms with E-state index < -0.39 is 0 Å². The molecule has 1 aromatic heterocycles. The highest BCUT2D eigenvalue weighted by molar-refractivity contribution is 7.98. The van der Waals surface area contributed by atoms with E-state index in [1.165, 1.54) is 28.5 Å². The molecule has 0 aliphatic heterocycles. The summed E-state index contributed by atoms with van der Waals surface area (Å²) in [5.74, 6) is 1.91. The second-order valence-electron chi connectivity index (χ2n) is 4.77. The summed E-state index contributed by atoms with van der Waals surface area (Å²) in [7, 11) is 2.16. The fraction of sp³-hybridized carbons (Fsp3) is 0.769. The van der Waals surface area contributed by atoms with E-state index in [2.05, 4.69) is 30.4 Å². The van der Waals surface area contributed by atoms with Gasteiger partial charge in [-0.05, 0) is 25.6 Å². The van der Waals surface area contributed by atoms with Crippen molar-refractivity contribution in [1.82, 2.24) is 10.3 Å². The minimum atomic E-state index is 0.748. The first kappa shape index (κ1) is 14.2. The highest BCUT2D eigenvalue weighted by Crippen LogP contribution is 2.44. The van der Waals surface area contributed by atoms with Gasteiger partial charge in [-0.1, -0.05) is 6.92 Å². The van der Waals surface area contributed by atoms with E-state index in [0.29, 0.717) is 0 Å². The van der Waals surface area contributed by atoms with Crippen LogP contribution in [0.25, 0.3) is 0 Å². The summed E-state index contributed by atoms with van der Waals surface area (Å²) in [5.41, 5.74) is 1.37. The Morgan fingerprint density at radius 3 is 2.89 bits per heavy atom. The molecule has 1 aromatic rings. The fourth-order valence-corrected chi connectivity index (χ4v) is 3.44. The SMILES string of the molecule is CCNCc1sc(N(C)CCSC)nc1C1CC1. The average molecular weight is 285 g/mol. The Balaban J connectivity index is 2.06. The molecule has 1 aliphatic carbocycles. The number of hydrogen-bond acceptors (Lipinski definition) is 5. The Morgan fingerprint density at radius 2 is 2.28 bits per heavy atom. The minimum Gasteiger partial charge on any atom is -0.350 e. The maximum absolute atomic E-state index is 4.87. The third-order valence-electron chi connectivity index (χ3n) is 3.17. The first-order valence-electron chi connectivity index (χ1n) is 6.66. The van der Waals surface area contributed by atoms with Crippen molar-refractivity contribution in [3.8, 4) is 0 Å². The van der Waals surface area contributed by atoms with Gasteiger partial charge in [0.25, 0.3) is 0 Å². The van der Waals surface area contributed by atoms with Crippen molar-refractivity contribution in [3.63, 3.8) is 0 Å². The molecule has 2 rings (SSSR count). The molecule has 1 aliphatic rings.